The lowest BCUT2D eigenvalue weighted by Gasteiger charge is -2.18. The Morgan fingerprint density at radius 1 is 1.11 bits per heavy atom. The van der Waals surface area contributed by atoms with Crippen molar-refractivity contribution in [3.8, 4) is 22.9 Å². The van der Waals surface area contributed by atoms with Crippen LogP contribution in [0.3, 0.4) is 0 Å². The standard InChI is InChI=1S/C27H26ClF2N3O3/c1-35-26-15(13-31-14-16-8-11-24(34)32-16)12-20(28)27(33-26)36-23-10-9-17-18(23)4-2-5-19(17)25-21(29)6-3-7-22(25)30/h2-7,12,16,23,31H,8-11,13-14H2,1H3,(H,32,34)/t16-,23-/m0/s1. The highest BCUT2D eigenvalue weighted by molar-refractivity contribution is 6.31. The third kappa shape index (κ3) is 4.88. The van der Waals surface area contributed by atoms with Crippen LogP contribution in [0.5, 0.6) is 11.8 Å². The van der Waals surface area contributed by atoms with E-state index in [-0.39, 0.29) is 29.5 Å². The minimum Gasteiger partial charge on any atom is -0.481 e. The summed E-state index contributed by atoms with van der Waals surface area (Å²) in [6.45, 7) is 1.10. The fourth-order valence-electron chi connectivity index (χ4n) is 4.95. The van der Waals surface area contributed by atoms with Crippen LogP contribution >= 0.6 is 11.6 Å². The molecule has 0 unspecified atom stereocenters. The molecule has 2 aliphatic rings. The van der Waals surface area contributed by atoms with Crippen LogP contribution in [-0.2, 0) is 17.8 Å². The molecule has 2 heterocycles. The van der Waals surface area contributed by atoms with Gasteiger partial charge in [0.2, 0.25) is 17.7 Å². The van der Waals surface area contributed by atoms with E-state index in [0.29, 0.717) is 48.8 Å². The Morgan fingerprint density at radius 2 is 1.89 bits per heavy atom. The number of benzene rings is 2. The van der Waals surface area contributed by atoms with Crippen LogP contribution in [0.4, 0.5) is 8.78 Å². The minimum atomic E-state index is -0.596. The van der Waals surface area contributed by atoms with Crippen LogP contribution in [0.1, 0.15) is 42.1 Å². The molecule has 9 heteroatoms. The average molecular weight is 514 g/mol. The Morgan fingerprint density at radius 3 is 2.61 bits per heavy atom. The monoisotopic (exact) mass is 513 g/mol. The van der Waals surface area contributed by atoms with Gasteiger partial charge in [0.05, 0.1) is 12.7 Å². The molecule has 1 aliphatic carbocycles. The first-order valence-electron chi connectivity index (χ1n) is 11.9. The van der Waals surface area contributed by atoms with Gasteiger partial charge in [-0.05, 0) is 54.2 Å². The molecule has 1 fully saturated rings. The zero-order chi connectivity index (χ0) is 25.2. The molecule has 0 spiro atoms. The van der Waals surface area contributed by atoms with Crippen molar-refractivity contribution in [3.63, 3.8) is 0 Å². The first-order chi connectivity index (χ1) is 17.4. The highest BCUT2D eigenvalue weighted by atomic mass is 35.5. The van der Waals surface area contributed by atoms with Crippen molar-refractivity contribution < 1.29 is 23.0 Å². The summed E-state index contributed by atoms with van der Waals surface area (Å²) < 4.78 is 40.6. The van der Waals surface area contributed by atoms with Gasteiger partial charge in [0.1, 0.15) is 22.8 Å². The molecule has 36 heavy (non-hydrogen) atoms. The van der Waals surface area contributed by atoms with Gasteiger partial charge in [0.25, 0.3) is 0 Å². The Labute approximate surface area is 213 Å². The second-order valence-electron chi connectivity index (χ2n) is 8.99. The molecule has 1 saturated heterocycles. The highest BCUT2D eigenvalue weighted by Gasteiger charge is 2.29. The average Bonchev–Trinajstić information content (AvgIpc) is 3.47. The summed E-state index contributed by atoms with van der Waals surface area (Å²) in [4.78, 5) is 15.9. The highest BCUT2D eigenvalue weighted by Crippen LogP contribution is 2.42. The lowest BCUT2D eigenvalue weighted by atomic mass is 9.96. The topological polar surface area (TPSA) is 72.5 Å². The summed E-state index contributed by atoms with van der Waals surface area (Å²) in [5.41, 5.74) is 2.99. The Balaban J connectivity index is 1.34. The van der Waals surface area contributed by atoms with Crippen LogP contribution in [-0.4, -0.2) is 30.6 Å². The van der Waals surface area contributed by atoms with Gasteiger partial charge in [-0.1, -0.05) is 35.9 Å². The Kier molecular flexibility index (Phi) is 7.07. The van der Waals surface area contributed by atoms with Crippen LogP contribution in [0.25, 0.3) is 11.1 Å². The SMILES string of the molecule is COc1nc(O[C@H]2CCc3c(-c4c(F)cccc4F)cccc32)c(Cl)cc1CNC[C@@H]1CCC(=O)N1. The van der Waals surface area contributed by atoms with Gasteiger partial charge in [0.15, 0.2) is 0 Å². The van der Waals surface area contributed by atoms with E-state index in [2.05, 4.69) is 15.6 Å². The summed E-state index contributed by atoms with van der Waals surface area (Å²) in [6.07, 6.45) is 2.23. The van der Waals surface area contributed by atoms with E-state index in [0.717, 1.165) is 23.1 Å². The van der Waals surface area contributed by atoms with E-state index in [4.69, 9.17) is 21.1 Å². The second-order valence-corrected chi connectivity index (χ2v) is 9.40. The number of nitrogens with one attached hydrogen (secondary N) is 2. The van der Waals surface area contributed by atoms with E-state index in [1.165, 1.54) is 25.3 Å². The maximum absolute atomic E-state index is 14.5. The zero-order valence-electron chi connectivity index (χ0n) is 19.7. The fourth-order valence-corrected chi connectivity index (χ4v) is 5.17. The van der Waals surface area contributed by atoms with Crippen LogP contribution in [0.15, 0.2) is 42.5 Å². The zero-order valence-corrected chi connectivity index (χ0v) is 20.5. The van der Waals surface area contributed by atoms with Crippen molar-refractivity contribution in [2.75, 3.05) is 13.7 Å². The number of carbonyl (C=O) groups excluding carboxylic acids is 1. The predicted molar refractivity (Wildman–Crippen MR) is 132 cm³/mol. The van der Waals surface area contributed by atoms with Gasteiger partial charge >= 0.3 is 0 Å². The number of fused-ring (bicyclic) bond motifs is 1. The molecule has 188 valence electrons. The molecule has 1 aliphatic heterocycles. The van der Waals surface area contributed by atoms with E-state index in [1.807, 2.05) is 6.07 Å². The Hall–Kier alpha value is -3.23. The number of amides is 1. The Bertz CT molecular complexity index is 1280. The number of hydrogen-bond donors (Lipinski definition) is 2. The largest absolute Gasteiger partial charge is 0.481 e. The second kappa shape index (κ2) is 10.4. The molecular weight excluding hydrogens is 488 g/mol. The summed E-state index contributed by atoms with van der Waals surface area (Å²) >= 11 is 6.53. The van der Waals surface area contributed by atoms with E-state index >= 15 is 0 Å². The van der Waals surface area contributed by atoms with Gasteiger partial charge in [0, 0.05) is 31.1 Å². The fraction of sp³-hybridized carbons (Fsp3) is 0.333. The molecular formula is C27H26ClF2N3O3. The van der Waals surface area contributed by atoms with E-state index < -0.39 is 11.6 Å². The number of ether oxygens (including phenoxy) is 2. The molecule has 2 N–H and O–H groups in total. The van der Waals surface area contributed by atoms with E-state index in [1.54, 1.807) is 18.2 Å². The molecule has 1 amide bonds. The minimum absolute atomic E-state index is 0.0261. The molecule has 0 bridgehead atoms. The first-order valence-corrected chi connectivity index (χ1v) is 12.3. The molecule has 5 rings (SSSR count). The predicted octanol–water partition coefficient (Wildman–Crippen LogP) is 5.12. The molecule has 0 saturated carbocycles. The number of hydrogen-bond acceptors (Lipinski definition) is 5. The number of carbonyl (C=O) groups is 1. The van der Waals surface area contributed by atoms with Crippen LogP contribution in [0, 0.1) is 11.6 Å². The molecule has 6 nitrogen and oxygen atoms in total. The number of pyridine rings is 1. The quantitative estimate of drug-likeness (QED) is 0.437. The van der Waals surface area contributed by atoms with Crippen molar-refractivity contribution in [3.05, 3.63) is 75.8 Å². The number of halogens is 3. The summed E-state index contributed by atoms with van der Waals surface area (Å²) in [6, 6.07) is 11.2. The smallest absolute Gasteiger partial charge is 0.236 e. The maximum Gasteiger partial charge on any atom is 0.236 e. The van der Waals surface area contributed by atoms with Crippen molar-refractivity contribution in [2.24, 2.45) is 0 Å². The normalized spacial score (nSPS) is 18.7. The lowest BCUT2D eigenvalue weighted by Crippen LogP contribution is -2.35. The molecule has 2 atom stereocenters. The summed E-state index contributed by atoms with van der Waals surface area (Å²) in [5, 5.41) is 6.57. The van der Waals surface area contributed by atoms with Gasteiger partial charge < -0.3 is 20.1 Å². The van der Waals surface area contributed by atoms with Gasteiger partial charge in [-0.3, -0.25) is 4.79 Å². The molecule has 3 aromatic rings. The number of nitrogens with zero attached hydrogens (tertiary/aromatic N) is 1. The van der Waals surface area contributed by atoms with Crippen molar-refractivity contribution in [1.29, 1.82) is 0 Å². The summed E-state index contributed by atoms with van der Waals surface area (Å²) in [7, 11) is 1.53. The number of methoxy groups -OCH3 is 1. The van der Waals surface area contributed by atoms with E-state index in [9.17, 15) is 13.6 Å². The lowest BCUT2D eigenvalue weighted by molar-refractivity contribution is -0.119. The third-order valence-electron chi connectivity index (χ3n) is 6.67. The van der Waals surface area contributed by atoms with Crippen molar-refractivity contribution in [1.82, 2.24) is 15.6 Å². The maximum atomic E-state index is 14.5. The van der Waals surface area contributed by atoms with Gasteiger partial charge in [-0.2, -0.15) is 4.98 Å². The van der Waals surface area contributed by atoms with Crippen LogP contribution < -0.4 is 20.1 Å². The number of aromatic nitrogens is 1. The van der Waals surface area contributed by atoms with Gasteiger partial charge in [-0.15, -0.1) is 0 Å². The first kappa shape index (κ1) is 24.5. The van der Waals surface area contributed by atoms with Gasteiger partial charge in [-0.25, -0.2) is 8.78 Å². The number of rotatable bonds is 8. The van der Waals surface area contributed by atoms with Crippen molar-refractivity contribution in [2.45, 2.75) is 44.4 Å². The molecule has 2 aromatic carbocycles. The van der Waals surface area contributed by atoms with Crippen molar-refractivity contribution >= 4 is 17.5 Å². The third-order valence-corrected chi connectivity index (χ3v) is 6.94. The molecule has 1 aromatic heterocycles. The summed E-state index contributed by atoms with van der Waals surface area (Å²) in [5.74, 6) is -0.493. The molecule has 0 radical (unpaired) electrons. The van der Waals surface area contributed by atoms with Crippen LogP contribution in [0.2, 0.25) is 5.02 Å².